The van der Waals surface area contributed by atoms with Crippen LogP contribution in [-0.2, 0) is 0 Å². The van der Waals surface area contributed by atoms with Crippen molar-refractivity contribution in [1.82, 2.24) is 5.32 Å². The number of carbonyl (C=O) groups is 1. The van der Waals surface area contributed by atoms with E-state index in [0.29, 0.717) is 12.1 Å². The van der Waals surface area contributed by atoms with Gasteiger partial charge in [0.25, 0.3) is 5.91 Å². The zero-order valence-electron chi connectivity index (χ0n) is 10.3. The van der Waals surface area contributed by atoms with E-state index in [1.807, 2.05) is 6.07 Å². The third-order valence-corrected chi connectivity index (χ3v) is 2.52. The highest BCUT2D eigenvalue weighted by molar-refractivity contribution is 5.94. The lowest BCUT2D eigenvalue weighted by molar-refractivity contribution is 0.0946. The first kappa shape index (κ1) is 13.1. The number of benzene rings is 2. The summed E-state index contributed by atoms with van der Waals surface area (Å²) in [5.41, 5.74) is 0.591. The maximum absolute atomic E-state index is 13.2. The van der Waals surface area contributed by atoms with Crippen LogP contribution in [0.4, 0.5) is 4.39 Å². The summed E-state index contributed by atoms with van der Waals surface area (Å²) in [6.07, 6.45) is 0. The number of amides is 1. The van der Waals surface area contributed by atoms with Gasteiger partial charge in [-0.3, -0.25) is 4.79 Å². The molecule has 0 saturated heterocycles. The van der Waals surface area contributed by atoms with Crippen LogP contribution >= 0.6 is 0 Å². The lowest BCUT2D eigenvalue weighted by Gasteiger charge is -2.08. The Kier molecular flexibility index (Phi) is 4.50. The molecule has 0 atom stereocenters. The molecule has 0 aliphatic rings. The summed E-state index contributed by atoms with van der Waals surface area (Å²) in [5.74, 6) is -0.383. The van der Waals surface area contributed by atoms with Gasteiger partial charge in [-0.2, -0.15) is 0 Å². The molecular weight excluding hydrogens is 245 g/mol. The Morgan fingerprint density at radius 1 is 1.05 bits per heavy atom. The maximum Gasteiger partial charge on any atom is 0.251 e. The minimum Gasteiger partial charge on any atom is -0.489 e. The van der Waals surface area contributed by atoms with Crippen LogP contribution in [0.15, 0.2) is 54.6 Å². The molecular formula is C15H14FNO2. The molecule has 0 radical (unpaired) electrons. The number of rotatable bonds is 5. The number of ether oxygens (including phenoxy) is 1. The molecule has 0 fully saturated rings. The third kappa shape index (κ3) is 3.81. The second-order valence-electron chi connectivity index (χ2n) is 3.90. The molecule has 0 aliphatic heterocycles. The normalized spacial score (nSPS) is 9.95. The highest BCUT2D eigenvalue weighted by Crippen LogP contribution is 2.14. The van der Waals surface area contributed by atoms with Gasteiger partial charge < -0.3 is 10.1 Å². The SMILES string of the molecule is O=C(NCCOc1ccccc1F)c1ccccc1. The Hall–Kier alpha value is -2.36. The summed E-state index contributed by atoms with van der Waals surface area (Å²) in [6.45, 7) is 0.543. The molecule has 0 bridgehead atoms. The fourth-order valence-electron chi connectivity index (χ4n) is 1.58. The van der Waals surface area contributed by atoms with Crippen LogP contribution in [0.3, 0.4) is 0 Å². The maximum atomic E-state index is 13.2. The van der Waals surface area contributed by atoms with Crippen LogP contribution in [0.2, 0.25) is 0 Å². The molecule has 2 aromatic carbocycles. The minimum atomic E-state index is -0.406. The van der Waals surface area contributed by atoms with Crippen molar-refractivity contribution in [2.24, 2.45) is 0 Å². The Morgan fingerprint density at radius 2 is 1.74 bits per heavy atom. The van der Waals surface area contributed by atoms with E-state index in [1.54, 1.807) is 42.5 Å². The molecule has 0 unspecified atom stereocenters. The van der Waals surface area contributed by atoms with Gasteiger partial charge in [0.15, 0.2) is 11.6 Å². The third-order valence-electron chi connectivity index (χ3n) is 2.52. The predicted molar refractivity (Wildman–Crippen MR) is 70.7 cm³/mol. The number of hydrogen-bond donors (Lipinski definition) is 1. The Labute approximate surface area is 111 Å². The van der Waals surface area contributed by atoms with E-state index in [1.165, 1.54) is 6.07 Å². The van der Waals surface area contributed by atoms with Gasteiger partial charge in [0.1, 0.15) is 6.61 Å². The molecule has 0 aromatic heterocycles. The predicted octanol–water partition coefficient (Wildman–Crippen LogP) is 2.63. The van der Waals surface area contributed by atoms with Gasteiger partial charge in [0.2, 0.25) is 0 Å². The molecule has 3 nitrogen and oxygen atoms in total. The molecule has 98 valence electrons. The smallest absolute Gasteiger partial charge is 0.251 e. The molecule has 1 N–H and O–H groups in total. The van der Waals surface area contributed by atoms with Gasteiger partial charge in [-0.15, -0.1) is 0 Å². The van der Waals surface area contributed by atoms with Crippen molar-refractivity contribution in [1.29, 1.82) is 0 Å². The number of nitrogens with one attached hydrogen (secondary N) is 1. The van der Waals surface area contributed by atoms with Gasteiger partial charge in [0, 0.05) is 5.56 Å². The van der Waals surface area contributed by atoms with Crippen LogP contribution in [0, 0.1) is 5.82 Å². The second kappa shape index (κ2) is 6.54. The van der Waals surface area contributed by atoms with Crippen molar-refractivity contribution in [3.05, 3.63) is 66.0 Å². The van der Waals surface area contributed by atoms with Gasteiger partial charge in [0.05, 0.1) is 6.54 Å². The molecule has 19 heavy (non-hydrogen) atoms. The van der Waals surface area contributed by atoms with Crippen LogP contribution in [0.1, 0.15) is 10.4 Å². The minimum absolute atomic E-state index is 0.169. The van der Waals surface area contributed by atoms with E-state index in [-0.39, 0.29) is 18.3 Å². The number of para-hydroxylation sites is 1. The zero-order valence-corrected chi connectivity index (χ0v) is 10.3. The molecule has 4 heteroatoms. The molecule has 0 spiro atoms. The average molecular weight is 259 g/mol. The first-order chi connectivity index (χ1) is 9.27. The Balaban J connectivity index is 1.76. The standard InChI is InChI=1S/C15H14FNO2/c16-13-8-4-5-9-14(13)19-11-10-17-15(18)12-6-2-1-3-7-12/h1-9H,10-11H2,(H,17,18). The van der Waals surface area contributed by atoms with Crippen LogP contribution < -0.4 is 10.1 Å². The molecule has 2 aromatic rings. The topological polar surface area (TPSA) is 38.3 Å². The quantitative estimate of drug-likeness (QED) is 0.838. The summed E-state index contributed by atoms with van der Waals surface area (Å²) >= 11 is 0. The summed E-state index contributed by atoms with van der Waals surface area (Å²) in [6, 6.07) is 15.1. The van der Waals surface area contributed by atoms with Gasteiger partial charge >= 0.3 is 0 Å². The van der Waals surface area contributed by atoms with Gasteiger partial charge in [-0.25, -0.2) is 4.39 Å². The monoisotopic (exact) mass is 259 g/mol. The van der Waals surface area contributed by atoms with E-state index < -0.39 is 5.82 Å². The molecule has 0 heterocycles. The molecule has 1 amide bonds. The van der Waals surface area contributed by atoms with Crippen molar-refractivity contribution >= 4 is 5.91 Å². The van der Waals surface area contributed by atoms with Crippen molar-refractivity contribution in [2.75, 3.05) is 13.2 Å². The fourth-order valence-corrected chi connectivity index (χ4v) is 1.58. The fraction of sp³-hybridized carbons (Fsp3) is 0.133. The van der Waals surface area contributed by atoms with Crippen LogP contribution in [-0.4, -0.2) is 19.1 Å². The largest absolute Gasteiger partial charge is 0.489 e. The lowest BCUT2D eigenvalue weighted by atomic mass is 10.2. The summed E-state index contributed by atoms with van der Waals surface area (Å²) in [7, 11) is 0. The number of hydrogen-bond acceptors (Lipinski definition) is 2. The summed E-state index contributed by atoms with van der Waals surface area (Å²) < 4.78 is 18.5. The lowest BCUT2D eigenvalue weighted by Crippen LogP contribution is -2.28. The van der Waals surface area contributed by atoms with Crippen LogP contribution in [0.5, 0.6) is 5.75 Å². The van der Waals surface area contributed by atoms with E-state index in [4.69, 9.17) is 4.74 Å². The van der Waals surface area contributed by atoms with Crippen molar-refractivity contribution in [2.45, 2.75) is 0 Å². The summed E-state index contributed by atoms with van der Waals surface area (Å²) in [4.78, 5) is 11.7. The van der Waals surface area contributed by atoms with Gasteiger partial charge in [-0.05, 0) is 24.3 Å². The van der Waals surface area contributed by atoms with E-state index >= 15 is 0 Å². The van der Waals surface area contributed by atoms with Crippen molar-refractivity contribution in [3.63, 3.8) is 0 Å². The molecule has 2 rings (SSSR count). The number of halogens is 1. The Bertz CT molecular complexity index is 543. The summed E-state index contributed by atoms with van der Waals surface area (Å²) in [5, 5.41) is 2.70. The molecule has 0 saturated carbocycles. The Morgan fingerprint density at radius 3 is 2.47 bits per heavy atom. The zero-order chi connectivity index (χ0) is 13.5. The van der Waals surface area contributed by atoms with E-state index in [9.17, 15) is 9.18 Å². The van der Waals surface area contributed by atoms with Gasteiger partial charge in [-0.1, -0.05) is 30.3 Å². The molecule has 0 aliphatic carbocycles. The van der Waals surface area contributed by atoms with E-state index in [0.717, 1.165) is 0 Å². The highest BCUT2D eigenvalue weighted by atomic mass is 19.1. The first-order valence-corrected chi connectivity index (χ1v) is 5.98. The first-order valence-electron chi connectivity index (χ1n) is 5.98. The number of carbonyl (C=O) groups excluding carboxylic acids is 1. The van der Waals surface area contributed by atoms with Crippen molar-refractivity contribution < 1.29 is 13.9 Å². The van der Waals surface area contributed by atoms with Crippen molar-refractivity contribution in [3.8, 4) is 5.75 Å². The second-order valence-corrected chi connectivity index (χ2v) is 3.90. The average Bonchev–Trinajstić information content (AvgIpc) is 2.46. The van der Waals surface area contributed by atoms with E-state index in [2.05, 4.69) is 5.32 Å². The van der Waals surface area contributed by atoms with Crippen LogP contribution in [0.25, 0.3) is 0 Å². The highest BCUT2D eigenvalue weighted by Gasteiger charge is 2.04.